The van der Waals surface area contributed by atoms with Crippen LogP contribution in [0.5, 0.6) is 0 Å². The van der Waals surface area contributed by atoms with E-state index in [4.69, 9.17) is 9.05 Å². The smallest absolute Gasteiger partial charge is 0.268 e. The fraction of sp³-hybridized carbons (Fsp3) is 0.771. The molecule has 1 amide bonds. The summed E-state index contributed by atoms with van der Waals surface area (Å²) in [7, 11) is 1.24. The van der Waals surface area contributed by atoms with Crippen LogP contribution in [-0.4, -0.2) is 68.5 Å². The molecule has 0 aromatic heterocycles. The van der Waals surface area contributed by atoms with Gasteiger partial charge in [0, 0.05) is 6.42 Å². The number of phosphoric acid groups is 1. The first-order chi connectivity index (χ1) is 45.0. The average molecular weight is 1300 g/mol. The van der Waals surface area contributed by atoms with Gasteiger partial charge in [0.2, 0.25) is 5.91 Å². The number of nitrogens with one attached hydrogen (secondary N) is 1. The molecule has 8 nitrogen and oxygen atoms in total. The Morgan fingerprint density at radius 1 is 0.391 bits per heavy atom. The molecule has 0 aliphatic rings. The van der Waals surface area contributed by atoms with Crippen LogP contribution in [0.25, 0.3) is 0 Å². The van der Waals surface area contributed by atoms with Crippen molar-refractivity contribution in [2.45, 2.75) is 373 Å². The molecule has 0 aliphatic carbocycles. The van der Waals surface area contributed by atoms with Gasteiger partial charge in [-0.25, -0.2) is 0 Å². The third-order valence-corrected chi connectivity index (χ3v) is 18.4. The molecular weight excluding hydrogens is 1150 g/mol. The number of carbonyl (C=O) groups excluding carboxylic acids is 1. The minimum Gasteiger partial charge on any atom is -0.756 e. The molecule has 0 aromatic carbocycles. The van der Waals surface area contributed by atoms with Gasteiger partial charge in [-0.15, -0.1) is 0 Å². The third-order valence-electron chi connectivity index (χ3n) is 17.4. The van der Waals surface area contributed by atoms with Gasteiger partial charge in [0.15, 0.2) is 0 Å². The van der Waals surface area contributed by atoms with Crippen LogP contribution in [-0.2, 0) is 18.4 Å². The van der Waals surface area contributed by atoms with Crippen molar-refractivity contribution in [3.05, 3.63) is 109 Å². The highest BCUT2D eigenvalue weighted by atomic mass is 31.2. The lowest BCUT2D eigenvalue weighted by Gasteiger charge is -2.29. The van der Waals surface area contributed by atoms with E-state index in [0.717, 1.165) is 83.5 Å². The minimum atomic E-state index is -4.62. The first-order valence-electron chi connectivity index (χ1n) is 39.2. The lowest BCUT2D eigenvalue weighted by Crippen LogP contribution is -2.45. The molecule has 3 atom stereocenters. The number of hydrogen-bond donors (Lipinski definition) is 2. The van der Waals surface area contributed by atoms with Crippen molar-refractivity contribution in [3.63, 3.8) is 0 Å². The SMILES string of the molecule is CC/C=C\C/C=C\C/C=C\C/C=C\C/C=C\C/C=C\CCCCCCCCCCCCCCCCCCCCCCCCC(=O)NC(COP(=O)([O-])OCC[N+](C)(C)C)C(O)/C=C/CC/C=C/CC/C=C/CCCCCCCCCCCCCCCCCCCCC. The van der Waals surface area contributed by atoms with Gasteiger partial charge in [0.1, 0.15) is 13.2 Å². The van der Waals surface area contributed by atoms with Gasteiger partial charge in [-0.3, -0.25) is 9.36 Å². The van der Waals surface area contributed by atoms with Crippen LogP contribution in [0.2, 0.25) is 0 Å². The summed E-state index contributed by atoms with van der Waals surface area (Å²) in [5.74, 6) is -0.207. The second kappa shape index (κ2) is 72.4. The van der Waals surface area contributed by atoms with Crippen LogP contribution in [0.3, 0.4) is 0 Å². The van der Waals surface area contributed by atoms with Gasteiger partial charge in [-0.2, -0.15) is 0 Å². The van der Waals surface area contributed by atoms with E-state index in [1.165, 1.54) is 257 Å². The zero-order valence-electron chi connectivity index (χ0n) is 61.2. The highest BCUT2D eigenvalue weighted by Crippen LogP contribution is 2.38. The second-order valence-electron chi connectivity index (χ2n) is 27.7. The number of carbonyl (C=O) groups is 1. The first-order valence-corrected chi connectivity index (χ1v) is 40.7. The molecule has 534 valence electrons. The van der Waals surface area contributed by atoms with Gasteiger partial charge < -0.3 is 28.8 Å². The summed E-state index contributed by atoms with van der Waals surface area (Å²) in [5.41, 5.74) is 0. The maximum Gasteiger partial charge on any atom is 0.268 e. The van der Waals surface area contributed by atoms with Crippen LogP contribution >= 0.6 is 7.82 Å². The van der Waals surface area contributed by atoms with E-state index >= 15 is 0 Å². The van der Waals surface area contributed by atoms with Crippen LogP contribution in [0.15, 0.2) is 109 Å². The van der Waals surface area contributed by atoms with E-state index in [9.17, 15) is 19.4 Å². The first kappa shape index (κ1) is 89.2. The van der Waals surface area contributed by atoms with E-state index in [1.54, 1.807) is 6.08 Å². The van der Waals surface area contributed by atoms with E-state index in [0.29, 0.717) is 17.4 Å². The number of allylic oxidation sites excluding steroid dienone is 17. The molecule has 2 N–H and O–H groups in total. The zero-order chi connectivity index (χ0) is 66.9. The van der Waals surface area contributed by atoms with Crippen LogP contribution in [0.4, 0.5) is 0 Å². The van der Waals surface area contributed by atoms with Crippen LogP contribution in [0, 0.1) is 0 Å². The lowest BCUT2D eigenvalue weighted by molar-refractivity contribution is -0.870. The number of aliphatic hydroxyl groups excluding tert-OH is 1. The number of aliphatic hydroxyl groups is 1. The van der Waals surface area contributed by atoms with E-state index < -0.39 is 26.6 Å². The molecule has 0 aromatic rings. The minimum absolute atomic E-state index is 0.0107. The summed E-state index contributed by atoms with van der Waals surface area (Å²) in [6.45, 7) is 4.54. The van der Waals surface area contributed by atoms with Gasteiger partial charge in [0.25, 0.3) is 7.82 Å². The molecule has 0 saturated heterocycles. The number of hydrogen-bond acceptors (Lipinski definition) is 6. The molecule has 0 saturated carbocycles. The number of phosphoric ester groups is 1. The summed E-state index contributed by atoms with van der Waals surface area (Å²) in [6, 6.07) is -0.915. The summed E-state index contributed by atoms with van der Waals surface area (Å²) >= 11 is 0. The molecule has 3 unspecified atom stereocenters. The number of quaternary nitrogens is 1. The number of amides is 1. The van der Waals surface area contributed by atoms with Crippen molar-refractivity contribution >= 4 is 13.7 Å². The van der Waals surface area contributed by atoms with Gasteiger partial charge in [0.05, 0.1) is 39.9 Å². The number of rotatable bonds is 72. The Morgan fingerprint density at radius 2 is 0.674 bits per heavy atom. The predicted octanol–water partition coefficient (Wildman–Crippen LogP) is 25.2. The van der Waals surface area contributed by atoms with Crippen molar-refractivity contribution in [1.82, 2.24) is 5.32 Å². The maximum atomic E-state index is 13.1. The maximum absolute atomic E-state index is 13.1. The Labute approximate surface area is 572 Å². The van der Waals surface area contributed by atoms with E-state index in [-0.39, 0.29) is 12.5 Å². The summed E-state index contributed by atoms with van der Waals surface area (Å²) in [6.07, 6.45) is 107. The summed E-state index contributed by atoms with van der Waals surface area (Å²) in [4.78, 5) is 25.7. The highest BCUT2D eigenvalue weighted by Gasteiger charge is 2.23. The van der Waals surface area contributed by atoms with Crippen molar-refractivity contribution in [1.29, 1.82) is 0 Å². The molecule has 0 rings (SSSR count). The quantitative estimate of drug-likeness (QED) is 0.0272. The second-order valence-corrected chi connectivity index (χ2v) is 29.1. The molecule has 92 heavy (non-hydrogen) atoms. The van der Waals surface area contributed by atoms with Gasteiger partial charge in [-0.05, 0) is 96.3 Å². The van der Waals surface area contributed by atoms with Crippen LogP contribution in [0.1, 0.15) is 361 Å². The lowest BCUT2D eigenvalue weighted by atomic mass is 10.0. The summed E-state index contributed by atoms with van der Waals surface area (Å²) < 4.78 is 23.5. The standard InChI is InChI=1S/C83H151N2O6P/c1-6-8-10-12-14-16-18-20-22-24-26-28-30-32-34-36-37-38-39-40-41-42-43-44-45-46-47-49-51-53-55-57-59-61-63-65-67-69-71-73-75-77-83(87)84-81(80-91-92(88,89)90-79-78-85(3,4)5)82(86)76-74-72-70-68-66-64-62-60-58-56-54-52-50-48-35-33-31-29-27-25-23-21-19-17-15-13-11-9-7-2/h8,10,14,16,20,22,26,28,32,34,37-38,58,60,66,68,74,76,81-82,86H,6-7,9,11-13,15,17-19,21,23-25,27,29-31,33,35-36,39-57,59,61-65,67,69-73,75,77-80H2,1-5H3,(H-,84,87,88,89)/b10-8-,16-14-,22-20-,28-26-,34-32-,38-37-,60-58+,68-66+,76-74+. The number of nitrogens with zero attached hydrogens (tertiary/aromatic N) is 1. The van der Waals surface area contributed by atoms with E-state index in [2.05, 4.69) is 116 Å². The Morgan fingerprint density at radius 3 is 1.01 bits per heavy atom. The highest BCUT2D eigenvalue weighted by molar-refractivity contribution is 7.45. The topological polar surface area (TPSA) is 108 Å². The summed E-state index contributed by atoms with van der Waals surface area (Å²) in [5, 5.41) is 14.0. The van der Waals surface area contributed by atoms with Crippen molar-refractivity contribution in [2.75, 3.05) is 40.9 Å². The van der Waals surface area contributed by atoms with Gasteiger partial charge >= 0.3 is 0 Å². The normalized spacial score (nSPS) is 14.1. The largest absolute Gasteiger partial charge is 0.756 e. The molecule has 0 radical (unpaired) electrons. The van der Waals surface area contributed by atoms with Crippen molar-refractivity contribution in [2.24, 2.45) is 0 Å². The fourth-order valence-corrected chi connectivity index (χ4v) is 12.2. The average Bonchev–Trinajstić information content (AvgIpc) is 2.63. The zero-order valence-corrected chi connectivity index (χ0v) is 62.1. The number of likely N-dealkylation sites (N-methyl/N-ethyl adjacent to an activating group) is 1. The Hall–Kier alpha value is -2.84. The number of unbranched alkanes of at least 4 members (excludes halogenated alkanes) is 43. The predicted molar refractivity (Wildman–Crippen MR) is 403 cm³/mol. The van der Waals surface area contributed by atoms with Crippen LogP contribution < -0.4 is 10.2 Å². The molecule has 0 bridgehead atoms. The van der Waals surface area contributed by atoms with Crippen molar-refractivity contribution < 1.29 is 32.9 Å². The monoisotopic (exact) mass is 1300 g/mol. The molecule has 0 aliphatic heterocycles. The molecule has 0 fully saturated rings. The Kier molecular flexibility index (Phi) is 70.2. The molecule has 9 heteroatoms. The Bertz CT molecular complexity index is 1870. The Balaban J connectivity index is 4.01. The molecule has 0 heterocycles. The van der Waals surface area contributed by atoms with Gasteiger partial charge in [-0.1, -0.05) is 367 Å². The van der Waals surface area contributed by atoms with Crippen molar-refractivity contribution in [3.8, 4) is 0 Å². The van der Waals surface area contributed by atoms with E-state index in [1.807, 2.05) is 27.2 Å². The molecular formula is C83H151N2O6P. The molecule has 0 spiro atoms. The fourth-order valence-electron chi connectivity index (χ4n) is 11.4. The third kappa shape index (κ3) is 74.6.